The number of nitrogens with two attached hydrogens (primary N) is 1. The highest BCUT2D eigenvalue weighted by Crippen LogP contribution is 2.39. The zero-order valence-corrected chi connectivity index (χ0v) is 14.4. The quantitative estimate of drug-likeness (QED) is 0.644. The van der Waals surface area contributed by atoms with Gasteiger partial charge in [-0.15, -0.1) is 0 Å². The lowest BCUT2D eigenvalue weighted by Gasteiger charge is -2.19. The molecule has 3 aromatic rings. The van der Waals surface area contributed by atoms with Gasteiger partial charge in [-0.3, -0.25) is 4.98 Å². The highest BCUT2D eigenvalue weighted by Gasteiger charge is 2.42. The summed E-state index contributed by atoms with van der Waals surface area (Å²) in [5, 5.41) is 21.9. The van der Waals surface area contributed by atoms with Crippen LogP contribution < -0.4 is 5.73 Å². The second-order valence-electron chi connectivity index (χ2n) is 7.02. The summed E-state index contributed by atoms with van der Waals surface area (Å²) in [5.41, 5.74) is 7.79. The molecule has 0 unspecified atom stereocenters. The van der Waals surface area contributed by atoms with E-state index >= 15 is 0 Å². The molecule has 7 heteroatoms. The minimum Gasteiger partial charge on any atom is -0.390 e. The zero-order valence-electron chi connectivity index (χ0n) is 14.4. The molecule has 3 heterocycles. The fourth-order valence-corrected chi connectivity index (χ4v) is 4.03. The van der Waals surface area contributed by atoms with E-state index in [4.69, 9.17) is 5.73 Å². The number of aromatic nitrogens is 4. The molecule has 1 aliphatic rings. The van der Waals surface area contributed by atoms with Gasteiger partial charge in [-0.25, -0.2) is 9.97 Å². The molecule has 1 fully saturated rings. The molecule has 4 N–H and O–H groups in total. The zero-order chi connectivity index (χ0) is 18.1. The highest BCUT2D eigenvalue weighted by molar-refractivity contribution is 5.86. The van der Waals surface area contributed by atoms with Gasteiger partial charge in [0.05, 0.1) is 17.5 Å². The molecule has 1 saturated carbocycles. The SMILES string of the molecule is Nc1ncnc2c1ccn2[C@@H]1C[C@H](CCCc2cccnc2)[C@@H](O)[C@H]1O. The standard InChI is InChI=1S/C19H23N5O2/c20-18-14-6-8-24(19(14)23-11-22-18)15-9-13(16(25)17(15)26)5-1-3-12-4-2-7-21-10-12/h2,4,6-8,10-11,13,15-17,25-26H,1,3,5,9H2,(H2,20,22,23)/t13-,15+,16+,17-/m0/s1. The van der Waals surface area contributed by atoms with Gasteiger partial charge in [-0.05, 0) is 49.3 Å². The van der Waals surface area contributed by atoms with Crippen molar-refractivity contribution in [2.75, 3.05) is 5.73 Å². The van der Waals surface area contributed by atoms with Crippen LogP contribution in [0.25, 0.3) is 11.0 Å². The van der Waals surface area contributed by atoms with Crippen LogP contribution in [0.2, 0.25) is 0 Å². The minimum atomic E-state index is -0.815. The summed E-state index contributed by atoms with van der Waals surface area (Å²) in [6.45, 7) is 0. The van der Waals surface area contributed by atoms with Crippen molar-refractivity contribution < 1.29 is 10.2 Å². The number of nitrogen functional groups attached to an aromatic ring is 1. The van der Waals surface area contributed by atoms with Crippen molar-refractivity contribution in [3.63, 3.8) is 0 Å². The van der Waals surface area contributed by atoms with Crippen molar-refractivity contribution in [3.05, 3.63) is 48.7 Å². The average molecular weight is 353 g/mol. The molecule has 3 aromatic heterocycles. The lowest BCUT2D eigenvalue weighted by molar-refractivity contribution is 0.00511. The summed E-state index contributed by atoms with van der Waals surface area (Å²) < 4.78 is 1.92. The number of hydrogen-bond donors (Lipinski definition) is 3. The molecule has 1 aliphatic carbocycles. The Balaban J connectivity index is 1.46. The Morgan fingerprint density at radius 3 is 2.88 bits per heavy atom. The number of pyridine rings is 1. The predicted molar refractivity (Wildman–Crippen MR) is 98.3 cm³/mol. The third kappa shape index (κ3) is 3.04. The van der Waals surface area contributed by atoms with Crippen LogP contribution in [0.4, 0.5) is 5.82 Å². The van der Waals surface area contributed by atoms with Crippen LogP contribution in [0.15, 0.2) is 43.1 Å². The lowest BCUT2D eigenvalue weighted by atomic mass is 9.96. The van der Waals surface area contributed by atoms with Gasteiger partial charge in [0.2, 0.25) is 0 Å². The highest BCUT2D eigenvalue weighted by atomic mass is 16.3. The van der Waals surface area contributed by atoms with E-state index in [1.165, 1.54) is 11.9 Å². The Bertz CT molecular complexity index is 882. The number of anilines is 1. The Hall–Kier alpha value is -2.51. The van der Waals surface area contributed by atoms with Gasteiger partial charge in [0, 0.05) is 18.6 Å². The van der Waals surface area contributed by atoms with E-state index < -0.39 is 12.2 Å². The summed E-state index contributed by atoms with van der Waals surface area (Å²) in [5.74, 6) is 0.484. The van der Waals surface area contributed by atoms with Crippen LogP contribution in [0, 0.1) is 5.92 Å². The maximum atomic E-state index is 10.6. The molecule has 0 saturated heterocycles. The summed E-state index contributed by atoms with van der Waals surface area (Å²) >= 11 is 0. The van der Waals surface area contributed by atoms with Crippen LogP contribution >= 0.6 is 0 Å². The molecule has 4 rings (SSSR count). The fraction of sp³-hybridized carbons (Fsp3) is 0.421. The molecule has 0 aliphatic heterocycles. The van der Waals surface area contributed by atoms with Crippen LogP contribution in [-0.4, -0.2) is 41.9 Å². The third-order valence-electron chi connectivity index (χ3n) is 5.43. The van der Waals surface area contributed by atoms with E-state index in [1.807, 2.05) is 29.1 Å². The van der Waals surface area contributed by atoms with E-state index in [0.29, 0.717) is 17.9 Å². The lowest BCUT2D eigenvalue weighted by Crippen LogP contribution is -2.29. The average Bonchev–Trinajstić information content (AvgIpc) is 3.20. The van der Waals surface area contributed by atoms with Gasteiger partial charge < -0.3 is 20.5 Å². The first-order chi connectivity index (χ1) is 12.6. The van der Waals surface area contributed by atoms with E-state index in [9.17, 15) is 10.2 Å². The van der Waals surface area contributed by atoms with E-state index in [-0.39, 0.29) is 12.0 Å². The molecule has 0 amide bonds. The first-order valence-electron chi connectivity index (χ1n) is 8.97. The van der Waals surface area contributed by atoms with Crippen molar-refractivity contribution in [1.82, 2.24) is 19.5 Å². The van der Waals surface area contributed by atoms with Crippen LogP contribution in [0.1, 0.15) is 30.9 Å². The van der Waals surface area contributed by atoms with Gasteiger partial charge in [0.25, 0.3) is 0 Å². The van der Waals surface area contributed by atoms with Gasteiger partial charge in [-0.1, -0.05) is 6.07 Å². The predicted octanol–water partition coefficient (Wildman–Crippen LogP) is 1.71. The largest absolute Gasteiger partial charge is 0.390 e. The molecular weight excluding hydrogens is 330 g/mol. The van der Waals surface area contributed by atoms with E-state index in [0.717, 1.165) is 24.6 Å². The molecule has 7 nitrogen and oxygen atoms in total. The first-order valence-corrected chi connectivity index (χ1v) is 8.97. The summed E-state index contributed by atoms with van der Waals surface area (Å²) in [7, 11) is 0. The number of rotatable bonds is 5. The Morgan fingerprint density at radius 1 is 1.19 bits per heavy atom. The molecule has 0 spiro atoms. The van der Waals surface area contributed by atoms with Gasteiger partial charge in [0.15, 0.2) is 0 Å². The summed E-state index contributed by atoms with van der Waals surface area (Å²) in [6, 6.07) is 5.65. The number of fused-ring (bicyclic) bond motifs is 1. The van der Waals surface area contributed by atoms with Gasteiger partial charge >= 0.3 is 0 Å². The van der Waals surface area contributed by atoms with Crippen molar-refractivity contribution in [2.45, 2.75) is 43.9 Å². The third-order valence-corrected chi connectivity index (χ3v) is 5.43. The van der Waals surface area contributed by atoms with Crippen molar-refractivity contribution in [1.29, 1.82) is 0 Å². The maximum Gasteiger partial charge on any atom is 0.145 e. The number of aliphatic hydroxyl groups excluding tert-OH is 2. The Kier molecular flexibility index (Phi) is 4.57. The fourth-order valence-electron chi connectivity index (χ4n) is 4.03. The number of aliphatic hydroxyl groups is 2. The normalized spacial score (nSPS) is 25.8. The summed E-state index contributed by atoms with van der Waals surface area (Å²) in [4.78, 5) is 12.4. The molecule has 26 heavy (non-hydrogen) atoms. The smallest absolute Gasteiger partial charge is 0.145 e. The number of nitrogens with zero attached hydrogens (tertiary/aromatic N) is 4. The molecular formula is C19H23N5O2. The van der Waals surface area contributed by atoms with E-state index in [2.05, 4.69) is 21.0 Å². The summed E-state index contributed by atoms with van der Waals surface area (Å²) in [6.07, 6.45) is 8.84. The van der Waals surface area contributed by atoms with Crippen molar-refractivity contribution >= 4 is 16.9 Å². The van der Waals surface area contributed by atoms with Crippen molar-refractivity contribution in [3.8, 4) is 0 Å². The molecule has 0 bridgehead atoms. The van der Waals surface area contributed by atoms with Crippen LogP contribution in [0.3, 0.4) is 0 Å². The Labute approximate surface area is 151 Å². The van der Waals surface area contributed by atoms with E-state index in [1.54, 1.807) is 6.20 Å². The topological polar surface area (TPSA) is 110 Å². The monoisotopic (exact) mass is 353 g/mol. The van der Waals surface area contributed by atoms with Gasteiger partial charge in [0.1, 0.15) is 23.9 Å². The number of aryl methyl sites for hydroxylation is 1. The van der Waals surface area contributed by atoms with Crippen molar-refractivity contribution in [2.24, 2.45) is 5.92 Å². The van der Waals surface area contributed by atoms with Crippen LogP contribution in [-0.2, 0) is 6.42 Å². The first kappa shape index (κ1) is 16.9. The molecule has 4 atom stereocenters. The molecule has 0 radical (unpaired) electrons. The minimum absolute atomic E-state index is 0.0586. The Morgan fingerprint density at radius 2 is 2.08 bits per heavy atom. The van der Waals surface area contributed by atoms with Crippen LogP contribution in [0.5, 0.6) is 0 Å². The second kappa shape index (κ2) is 7.01. The maximum absolute atomic E-state index is 10.6. The van der Waals surface area contributed by atoms with Gasteiger partial charge in [-0.2, -0.15) is 0 Å². The molecule has 136 valence electrons. The second-order valence-corrected chi connectivity index (χ2v) is 7.02. The molecule has 0 aromatic carbocycles. The number of hydrogen-bond acceptors (Lipinski definition) is 6.